The minimum absolute atomic E-state index is 0.0928. The SMILES string of the molecule is CCc1ncsc1CS(=O)c1nc(C(C)(F)F)cc(=O)[nH]1. The number of hydrogen-bond donors (Lipinski definition) is 1. The maximum Gasteiger partial charge on any atom is 0.287 e. The Kier molecular flexibility index (Phi) is 4.62. The predicted molar refractivity (Wildman–Crippen MR) is 76.0 cm³/mol. The first-order valence-corrected chi connectivity index (χ1v) is 8.30. The fourth-order valence-corrected chi connectivity index (χ4v) is 3.84. The highest BCUT2D eigenvalue weighted by molar-refractivity contribution is 7.84. The summed E-state index contributed by atoms with van der Waals surface area (Å²) in [5.74, 6) is -3.16. The van der Waals surface area contributed by atoms with Gasteiger partial charge in [-0.1, -0.05) is 6.92 Å². The molecule has 0 fully saturated rings. The molecule has 5 nitrogen and oxygen atoms in total. The zero-order valence-electron chi connectivity index (χ0n) is 11.4. The Balaban J connectivity index is 2.32. The molecule has 21 heavy (non-hydrogen) atoms. The van der Waals surface area contributed by atoms with E-state index in [0.717, 1.165) is 10.6 Å². The van der Waals surface area contributed by atoms with Gasteiger partial charge in [-0.3, -0.25) is 14.0 Å². The Morgan fingerprint density at radius 2 is 2.19 bits per heavy atom. The van der Waals surface area contributed by atoms with Crippen LogP contribution in [0.3, 0.4) is 0 Å². The first-order chi connectivity index (χ1) is 9.81. The van der Waals surface area contributed by atoms with Gasteiger partial charge in [0.25, 0.3) is 11.5 Å². The minimum atomic E-state index is -3.26. The normalized spacial score (nSPS) is 13.3. The Morgan fingerprint density at radius 1 is 1.48 bits per heavy atom. The second kappa shape index (κ2) is 6.10. The maximum atomic E-state index is 13.3. The van der Waals surface area contributed by atoms with Crippen molar-refractivity contribution >= 4 is 22.1 Å². The molecule has 1 atom stereocenters. The van der Waals surface area contributed by atoms with Crippen LogP contribution in [0.25, 0.3) is 0 Å². The Bertz CT molecular complexity index is 722. The van der Waals surface area contributed by atoms with Crippen molar-refractivity contribution in [1.29, 1.82) is 0 Å². The van der Waals surface area contributed by atoms with E-state index in [9.17, 15) is 17.8 Å². The van der Waals surface area contributed by atoms with E-state index in [1.54, 1.807) is 5.51 Å². The molecule has 0 amide bonds. The van der Waals surface area contributed by atoms with E-state index in [-0.39, 0.29) is 10.9 Å². The Hall–Kier alpha value is -1.48. The summed E-state index contributed by atoms with van der Waals surface area (Å²) in [7, 11) is -1.71. The molecular weight excluding hydrogens is 320 g/mol. The summed E-state index contributed by atoms with van der Waals surface area (Å²) in [4.78, 5) is 22.2. The number of H-pyrrole nitrogens is 1. The molecule has 0 bridgehead atoms. The fourth-order valence-electron chi connectivity index (χ4n) is 1.65. The van der Waals surface area contributed by atoms with Crippen LogP contribution in [0, 0.1) is 0 Å². The molecule has 0 aliphatic rings. The van der Waals surface area contributed by atoms with E-state index in [2.05, 4.69) is 15.0 Å². The smallest absolute Gasteiger partial charge is 0.287 e. The Morgan fingerprint density at radius 3 is 2.81 bits per heavy atom. The number of alkyl halides is 2. The minimum Gasteiger partial charge on any atom is -0.299 e. The van der Waals surface area contributed by atoms with Crippen LogP contribution >= 0.6 is 11.3 Å². The lowest BCUT2D eigenvalue weighted by Crippen LogP contribution is -2.20. The van der Waals surface area contributed by atoms with Crippen molar-refractivity contribution in [2.24, 2.45) is 0 Å². The van der Waals surface area contributed by atoms with Crippen LogP contribution in [0.15, 0.2) is 21.5 Å². The number of aryl methyl sites for hydroxylation is 1. The van der Waals surface area contributed by atoms with Gasteiger partial charge in [0.15, 0.2) is 5.16 Å². The van der Waals surface area contributed by atoms with Crippen LogP contribution < -0.4 is 5.56 Å². The fraction of sp³-hybridized carbons (Fsp3) is 0.417. The van der Waals surface area contributed by atoms with Crippen molar-refractivity contribution in [1.82, 2.24) is 15.0 Å². The van der Waals surface area contributed by atoms with Crippen LogP contribution in [0.1, 0.15) is 30.1 Å². The van der Waals surface area contributed by atoms with Gasteiger partial charge in [0.1, 0.15) is 5.69 Å². The average molecular weight is 333 g/mol. The van der Waals surface area contributed by atoms with E-state index in [1.807, 2.05) is 6.92 Å². The molecule has 0 saturated carbocycles. The number of halogens is 2. The molecule has 0 spiro atoms. The summed E-state index contributed by atoms with van der Waals surface area (Å²) >= 11 is 1.34. The van der Waals surface area contributed by atoms with Crippen molar-refractivity contribution < 1.29 is 13.0 Å². The summed E-state index contributed by atoms with van der Waals surface area (Å²) in [6.07, 6.45) is 0.688. The number of nitrogens with zero attached hydrogens (tertiary/aromatic N) is 2. The van der Waals surface area contributed by atoms with Gasteiger partial charge in [0.05, 0.1) is 27.8 Å². The van der Waals surface area contributed by atoms with Gasteiger partial charge < -0.3 is 0 Å². The summed E-state index contributed by atoms with van der Waals surface area (Å²) in [6, 6.07) is 0.713. The molecule has 0 aliphatic heterocycles. The van der Waals surface area contributed by atoms with E-state index in [0.29, 0.717) is 19.4 Å². The molecule has 1 unspecified atom stereocenters. The molecule has 0 radical (unpaired) electrons. The van der Waals surface area contributed by atoms with E-state index >= 15 is 0 Å². The van der Waals surface area contributed by atoms with Crippen LogP contribution in [-0.4, -0.2) is 19.2 Å². The summed E-state index contributed by atoms with van der Waals surface area (Å²) in [6.45, 7) is 2.56. The lowest BCUT2D eigenvalue weighted by atomic mass is 10.3. The highest BCUT2D eigenvalue weighted by atomic mass is 32.2. The topological polar surface area (TPSA) is 75.7 Å². The monoisotopic (exact) mass is 333 g/mol. The zero-order chi connectivity index (χ0) is 15.6. The first kappa shape index (κ1) is 15.9. The van der Waals surface area contributed by atoms with Gasteiger partial charge in [-0.15, -0.1) is 11.3 Å². The largest absolute Gasteiger partial charge is 0.299 e. The number of rotatable bonds is 5. The predicted octanol–water partition coefficient (Wildman–Crippen LogP) is 2.21. The van der Waals surface area contributed by atoms with E-state index < -0.39 is 28.0 Å². The maximum absolute atomic E-state index is 13.3. The van der Waals surface area contributed by atoms with E-state index in [4.69, 9.17) is 0 Å². The highest BCUT2D eigenvalue weighted by Gasteiger charge is 2.28. The molecule has 2 rings (SSSR count). The molecule has 0 saturated heterocycles. The Labute approximate surface area is 125 Å². The second-order valence-corrected chi connectivity index (χ2v) is 6.70. The second-order valence-electron chi connectivity index (χ2n) is 4.39. The molecule has 2 aromatic heterocycles. The molecular formula is C12H13F2N3O2S2. The molecule has 2 aromatic rings. The molecule has 1 N–H and O–H groups in total. The number of nitrogens with one attached hydrogen (secondary N) is 1. The van der Waals surface area contributed by atoms with Gasteiger partial charge >= 0.3 is 0 Å². The van der Waals surface area contributed by atoms with Gasteiger partial charge in [0, 0.05) is 17.9 Å². The lowest BCUT2D eigenvalue weighted by molar-refractivity contribution is 0.0118. The van der Waals surface area contributed by atoms with Crippen molar-refractivity contribution in [3.05, 3.63) is 38.2 Å². The van der Waals surface area contributed by atoms with Gasteiger partial charge in [-0.25, -0.2) is 9.97 Å². The number of aromatic amines is 1. The van der Waals surface area contributed by atoms with Crippen LogP contribution in [0.5, 0.6) is 0 Å². The first-order valence-electron chi connectivity index (χ1n) is 6.10. The number of hydrogen-bond acceptors (Lipinski definition) is 5. The molecule has 0 aliphatic carbocycles. The summed E-state index contributed by atoms with van der Waals surface area (Å²) in [5.41, 5.74) is 1.02. The molecule has 9 heteroatoms. The number of aromatic nitrogens is 3. The molecule has 2 heterocycles. The quantitative estimate of drug-likeness (QED) is 0.851. The third-order valence-corrected chi connectivity index (χ3v) is 4.94. The van der Waals surface area contributed by atoms with E-state index in [1.165, 1.54) is 11.3 Å². The van der Waals surface area contributed by atoms with Crippen LogP contribution in [-0.2, 0) is 28.9 Å². The van der Waals surface area contributed by atoms with Crippen molar-refractivity contribution in [3.63, 3.8) is 0 Å². The third kappa shape index (κ3) is 3.79. The standard InChI is InChI=1S/C12H13F2N3O2S2/c1-3-7-8(20-6-15-7)5-21(19)11-16-9(12(2,13)14)4-10(18)17-11/h4,6H,3,5H2,1-2H3,(H,16,17,18). The average Bonchev–Trinajstić information content (AvgIpc) is 2.84. The highest BCUT2D eigenvalue weighted by Crippen LogP contribution is 2.24. The van der Waals surface area contributed by atoms with Gasteiger partial charge in [-0.2, -0.15) is 8.78 Å². The number of thiazole rings is 1. The van der Waals surface area contributed by atoms with Crippen molar-refractivity contribution in [2.75, 3.05) is 0 Å². The third-order valence-electron chi connectivity index (χ3n) is 2.71. The van der Waals surface area contributed by atoms with Crippen LogP contribution in [0.2, 0.25) is 0 Å². The van der Waals surface area contributed by atoms with Crippen LogP contribution in [0.4, 0.5) is 8.78 Å². The molecule has 0 aromatic carbocycles. The molecule has 114 valence electrons. The summed E-state index contributed by atoms with van der Waals surface area (Å²) < 4.78 is 38.7. The zero-order valence-corrected chi connectivity index (χ0v) is 13.0. The van der Waals surface area contributed by atoms with Gasteiger partial charge in [-0.05, 0) is 6.42 Å². The van der Waals surface area contributed by atoms with Gasteiger partial charge in [0.2, 0.25) is 0 Å². The summed E-state index contributed by atoms with van der Waals surface area (Å²) in [5, 5.41) is -0.241. The lowest BCUT2D eigenvalue weighted by Gasteiger charge is -2.10. The van der Waals surface area contributed by atoms with Crippen molar-refractivity contribution in [2.45, 2.75) is 37.1 Å². The van der Waals surface area contributed by atoms with Crippen molar-refractivity contribution in [3.8, 4) is 0 Å².